The van der Waals surface area contributed by atoms with Gasteiger partial charge in [0.15, 0.2) is 0 Å². The number of halogens is 1. The molecule has 96 valence electrons. The normalized spacial score (nSPS) is 11.4. The van der Waals surface area contributed by atoms with E-state index in [0.717, 1.165) is 11.3 Å². The highest BCUT2D eigenvalue weighted by Crippen LogP contribution is 2.34. The van der Waals surface area contributed by atoms with Crippen LogP contribution in [0.5, 0.6) is 11.5 Å². The Morgan fingerprint density at radius 2 is 1.94 bits per heavy atom. The molecule has 0 spiro atoms. The lowest BCUT2D eigenvalue weighted by molar-refractivity contribution is 0.329. The zero-order valence-electron chi connectivity index (χ0n) is 10.8. The Morgan fingerprint density at radius 1 is 1.29 bits per heavy atom. The number of hydrogen-bond acceptors (Lipinski definition) is 3. The van der Waals surface area contributed by atoms with Gasteiger partial charge in [0, 0.05) is 11.6 Å². The van der Waals surface area contributed by atoms with Gasteiger partial charge in [-0.25, -0.2) is 0 Å². The summed E-state index contributed by atoms with van der Waals surface area (Å²) in [6, 6.07) is 3.67. The van der Waals surface area contributed by atoms with Gasteiger partial charge in [0.25, 0.3) is 0 Å². The number of hydrogen-bond donors (Lipinski definition) is 1. The van der Waals surface area contributed by atoms with Crippen LogP contribution in [0.25, 0.3) is 0 Å². The zero-order valence-corrected chi connectivity index (χ0v) is 11.6. The van der Waals surface area contributed by atoms with Crippen molar-refractivity contribution >= 4 is 11.6 Å². The predicted octanol–water partition coefficient (Wildman–Crippen LogP) is 3.03. The molecule has 0 heterocycles. The first-order chi connectivity index (χ1) is 7.87. The van der Waals surface area contributed by atoms with Crippen LogP contribution in [-0.2, 0) is 6.42 Å². The van der Waals surface area contributed by atoms with Crippen LogP contribution in [-0.4, -0.2) is 19.3 Å². The van der Waals surface area contributed by atoms with Crippen LogP contribution in [0.1, 0.15) is 26.3 Å². The fraction of sp³-hybridized carbons (Fsp3) is 0.538. The first-order valence-corrected chi connectivity index (χ1v) is 6.03. The molecule has 0 aliphatic carbocycles. The van der Waals surface area contributed by atoms with Crippen LogP contribution >= 0.6 is 11.6 Å². The molecule has 0 aliphatic heterocycles. The number of methoxy groups -OCH3 is 1. The third-order valence-electron chi connectivity index (χ3n) is 2.28. The molecule has 1 rings (SSSR count). The summed E-state index contributed by atoms with van der Waals surface area (Å²) >= 11 is 6.11. The molecule has 0 saturated carbocycles. The van der Waals surface area contributed by atoms with Gasteiger partial charge in [-0.15, -0.1) is 0 Å². The van der Waals surface area contributed by atoms with Crippen molar-refractivity contribution in [2.45, 2.75) is 32.7 Å². The molecule has 1 aromatic carbocycles. The summed E-state index contributed by atoms with van der Waals surface area (Å²) in [5.74, 6) is 1.40. The molecule has 4 heteroatoms. The van der Waals surface area contributed by atoms with Crippen molar-refractivity contribution in [3.05, 3.63) is 22.7 Å². The van der Waals surface area contributed by atoms with Crippen molar-refractivity contribution < 1.29 is 9.47 Å². The molecule has 0 aromatic heterocycles. The van der Waals surface area contributed by atoms with Crippen molar-refractivity contribution in [2.24, 2.45) is 5.73 Å². The van der Waals surface area contributed by atoms with Gasteiger partial charge < -0.3 is 15.2 Å². The van der Waals surface area contributed by atoms with Gasteiger partial charge in [-0.3, -0.25) is 0 Å². The lowest BCUT2D eigenvalue weighted by Gasteiger charge is -2.21. The molecule has 3 nitrogen and oxygen atoms in total. The molecule has 17 heavy (non-hydrogen) atoms. The molecule has 2 N–H and O–H groups in total. The fourth-order valence-electron chi connectivity index (χ4n) is 1.65. The van der Waals surface area contributed by atoms with Gasteiger partial charge in [-0.1, -0.05) is 11.6 Å². The smallest absolute Gasteiger partial charge is 0.141 e. The molecule has 0 bridgehead atoms. The van der Waals surface area contributed by atoms with Gasteiger partial charge in [-0.2, -0.15) is 0 Å². The van der Waals surface area contributed by atoms with Crippen molar-refractivity contribution in [2.75, 3.05) is 13.7 Å². The summed E-state index contributed by atoms with van der Waals surface area (Å²) in [4.78, 5) is 0. The average Bonchev–Trinajstić information content (AvgIpc) is 2.20. The van der Waals surface area contributed by atoms with E-state index in [-0.39, 0.29) is 5.54 Å². The molecule has 0 aliphatic rings. The van der Waals surface area contributed by atoms with E-state index in [1.165, 1.54) is 0 Å². The van der Waals surface area contributed by atoms with Crippen molar-refractivity contribution in [1.82, 2.24) is 0 Å². The van der Waals surface area contributed by atoms with E-state index >= 15 is 0 Å². The van der Waals surface area contributed by atoms with Crippen LogP contribution in [0.3, 0.4) is 0 Å². The second-order valence-corrected chi connectivity index (χ2v) is 5.10. The Bertz CT molecular complexity index is 386. The summed E-state index contributed by atoms with van der Waals surface area (Å²) in [5, 5.41) is 0.579. The third kappa shape index (κ3) is 4.10. The van der Waals surface area contributed by atoms with E-state index in [1.54, 1.807) is 7.11 Å². The second-order valence-electron chi connectivity index (χ2n) is 4.69. The predicted molar refractivity (Wildman–Crippen MR) is 71.1 cm³/mol. The Kier molecular flexibility index (Phi) is 4.66. The minimum Gasteiger partial charge on any atom is -0.495 e. The highest BCUT2D eigenvalue weighted by atomic mass is 35.5. The summed E-state index contributed by atoms with van der Waals surface area (Å²) in [5.41, 5.74) is 6.73. The highest BCUT2D eigenvalue weighted by molar-refractivity contribution is 6.32. The monoisotopic (exact) mass is 257 g/mol. The molecule has 0 atom stereocenters. The minimum absolute atomic E-state index is 0.302. The summed E-state index contributed by atoms with van der Waals surface area (Å²) in [6.07, 6.45) is 0.700. The van der Waals surface area contributed by atoms with E-state index in [1.807, 2.05) is 32.9 Å². The summed E-state index contributed by atoms with van der Waals surface area (Å²) in [7, 11) is 1.59. The standard InChI is InChI=1S/C13H20ClNO2/c1-5-17-11-7-12(16-4)10(14)6-9(11)8-13(2,3)15/h6-7H,5,8,15H2,1-4H3. The fourth-order valence-corrected chi connectivity index (χ4v) is 1.91. The van der Waals surface area contributed by atoms with Gasteiger partial charge in [0.2, 0.25) is 0 Å². The first kappa shape index (κ1) is 14.1. The first-order valence-electron chi connectivity index (χ1n) is 5.65. The summed E-state index contributed by atoms with van der Waals surface area (Å²) < 4.78 is 10.8. The molecule has 0 fully saturated rings. The quantitative estimate of drug-likeness (QED) is 0.882. The number of nitrogens with two attached hydrogens (primary N) is 1. The van der Waals surface area contributed by atoms with Crippen LogP contribution in [0.2, 0.25) is 5.02 Å². The number of ether oxygens (including phenoxy) is 2. The Morgan fingerprint density at radius 3 is 2.41 bits per heavy atom. The molecule has 0 radical (unpaired) electrons. The highest BCUT2D eigenvalue weighted by Gasteiger charge is 2.17. The average molecular weight is 258 g/mol. The molecule has 1 aromatic rings. The number of benzene rings is 1. The SMILES string of the molecule is CCOc1cc(OC)c(Cl)cc1CC(C)(C)N. The van der Waals surface area contributed by atoms with Crippen molar-refractivity contribution in [3.8, 4) is 11.5 Å². The molecule has 0 unspecified atom stereocenters. The van der Waals surface area contributed by atoms with E-state index in [0.29, 0.717) is 23.8 Å². The lowest BCUT2D eigenvalue weighted by atomic mass is 9.95. The zero-order chi connectivity index (χ0) is 13.1. The minimum atomic E-state index is -0.302. The van der Waals surface area contributed by atoms with Gasteiger partial charge in [0.1, 0.15) is 11.5 Å². The largest absolute Gasteiger partial charge is 0.495 e. The third-order valence-corrected chi connectivity index (χ3v) is 2.58. The summed E-state index contributed by atoms with van der Waals surface area (Å²) in [6.45, 7) is 6.49. The molecule has 0 amide bonds. The van der Waals surface area contributed by atoms with Crippen molar-refractivity contribution in [3.63, 3.8) is 0 Å². The van der Waals surface area contributed by atoms with Gasteiger partial charge in [-0.05, 0) is 38.8 Å². The Hall–Kier alpha value is -0.930. The van der Waals surface area contributed by atoms with E-state index in [2.05, 4.69) is 0 Å². The maximum absolute atomic E-state index is 6.11. The molecular formula is C13H20ClNO2. The van der Waals surface area contributed by atoms with Crippen LogP contribution in [0.15, 0.2) is 12.1 Å². The van der Waals surface area contributed by atoms with E-state index < -0.39 is 0 Å². The van der Waals surface area contributed by atoms with Crippen LogP contribution < -0.4 is 15.2 Å². The van der Waals surface area contributed by atoms with E-state index in [4.69, 9.17) is 26.8 Å². The second kappa shape index (κ2) is 5.61. The molecular weight excluding hydrogens is 238 g/mol. The van der Waals surface area contributed by atoms with Gasteiger partial charge in [0.05, 0.1) is 18.7 Å². The van der Waals surface area contributed by atoms with E-state index in [9.17, 15) is 0 Å². The number of rotatable bonds is 5. The Labute approximate surface area is 108 Å². The lowest BCUT2D eigenvalue weighted by Crippen LogP contribution is -2.34. The maximum Gasteiger partial charge on any atom is 0.141 e. The van der Waals surface area contributed by atoms with Gasteiger partial charge >= 0.3 is 0 Å². The maximum atomic E-state index is 6.11. The molecule has 0 saturated heterocycles. The van der Waals surface area contributed by atoms with Crippen molar-refractivity contribution in [1.29, 1.82) is 0 Å². The topological polar surface area (TPSA) is 44.5 Å². The van der Waals surface area contributed by atoms with Crippen LogP contribution in [0, 0.1) is 0 Å². The Balaban J connectivity index is 3.13. The van der Waals surface area contributed by atoms with Crippen LogP contribution in [0.4, 0.5) is 0 Å².